The Bertz CT molecular complexity index is 779. The molecule has 0 aliphatic heterocycles. The summed E-state index contributed by atoms with van der Waals surface area (Å²) in [5, 5.41) is 26.3. The number of benzene rings is 1. The van der Waals surface area contributed by atoms with Gasteiger partial charge in [-0.25, -0.2) is 4.79 Å². The quantitative estimate of drug-likeness (QED) is 0.281. The maximum absolute atomic E-state index is 12.9. The number of rotatable bonds is 11. The van der Waals surface area contributed by atoms with Crippen molar-refractivity contribution in [3.05, 3.63) is 29.8 Å². The molecule has 0 radical (unpaired) electrons. The van der Waals surface area contributed by atoms with Crippen LogP contribution in [0.1, 0.15) is 39.7 Å². The number of carbonyl (C=O) groups excluding carboxylic acids is 3. The minimum atomic E-state index is -1.17. The van der Waals surface area contributed by atoms with Crippen LogP contribution in [0, 0.1) is 5.92 Å². The predicted octanol–water partition coefficient (Wildman–Crippen LogP) is -0.113. The van der Waals surface area contributed by atoms with Crippen LogP contribution in [-0.4, -0.2) is 58.1 Å². The molecule has 0 aliphatic carbocycles. The first-order valence-corrected chi connectivity index (χ1v) is 10.1. The third kappa shape index (κ3) is 9.04. The number of phenols is 1. The van der Waals surface area contributed by atoms with E-state index in [4.69, 9.17) is 5.73 Å². The lowest BCUT2D eigenvalue weighted by Gasteiger charge is -2.24. The second kappa shape index (κ2) is 11.9. The van der Waals surface area contributed by atoms with E-state index in [1.165, 1.54) is 26.0 Å². The first-order valence-electron chi connectivity index (χ1n) is 10.1. The summed E-state index contributed by atoms with van der Waals surface area (Å²) >= 11 is 0. The zero-order valence-corrected chi connectivity index (χ0v) is 18.2. The molecule has 0 saturated heterocycles. The zero-order chi connectivity index (χ0) is 23.7. The molecule has 0 saturated carbocycles. The second-order valence-electron chi connectivity index (χ2n) is 7.98. The zero-order valence-electron chi connectivity index (χ0n) is 18.2. The molecule has 10 nitrogen and oxygen atoms in total. The molecule has 0 aromatic heterocycles. The molecular formula is C21H32N4O6. The SMILES string of the molecule is CC(C)CC(NC(=O)C(Cc1ccc(O)cc1)NC(=O)C(C)NC(=O)C(C)N)C(=O)O. The van der Waals surface area contributed by atoms with Crippen LogP contribution in [0.15, 0.2) is 24.3 Å². The molecule has 172 valence electrons. The van der Waals surface area contributed by atoms with E-state index in [1.54, 1.807) is 12.1 Å². The van der Waals surface area contributed by atoms with Gasteiger partial charge in [-0.05, 0) is 43.9 Å². The lowest BCUT2D eigenvalue weighted by Crippen LogP contribution is -2.56. The van der Waals surface area contributed by atoms with Crippen LogP contribution >= 0.6 is 0 Å². The van der Waals surface area contributed by atoms with E-state index in [2.05, 4.69) is 16.0 Å². The number of carboxylic acid groups (broad SMARTS) is 1. The Morgan fingerprint density at radius 2 is 1.42 bits per heavy atom. The Kier molecular flexibility index (Phi) is 9.94. The number of aromatic hydroxyl groups is 1. The van der Waals surface area contributed by atoms with Gasteiger partial charge < -0.3 is 31.9 Å². The normalized spacial score (nSPS) is 14.8. The van der Waals surface area contributed by atoms with Gasteiger partial charge in [0.2, 0.25) is 17.7 Å². The molecule has 1 aromatic rings. The van der Waals surface area contributed by atoms with Crippen LogP contribution in [0.5, 0.6) is 5.75 Å². The summed E-state index contributed by atoms with van der Waals surface area (Å²) in [6, 6.07) is 2.09. The fourth-order valence-electron chi connectivity index (χ4n) is 2.75. The van der Waals surface area contributed by atoms with Crippen molar-refractivity contribution in [2.24, 2.45) is 11.7 Å². The van der Waals surface area contributed by atoms with Gasteiger partial charge in [-0.2, -0.15) is 0 Å². The molecular weight excluding hydrogens is 404 g/mol. The van der Waals surface area contributed by atoms with Crippen molar-refractivity contribution in [3.63, 3.8) is 0 Å². The van der Waals surface area contributed by atoms with Crippen LogP contribution in [0.3, 0.4) is 0 Å². The van der Waals surface area contributed by atoms with Gasteiger partial charge in [0.1, 0.15) is 23.9 Å². The standard InChI is InChI=1S/C21H32N4O6/c1-11(2)9-17(21(30)31)25-20(29)16(10-14-5-7-15(26)8-6-14)24-19(28)13(4)23-18(27)12(3)22/h5-8,11-13,16-17,26H,9-10,22H2,1-4H3,(H,23,27)(H,24,28)(H,25,29)(H,30,31). The molecule has 0 aliphatic rings. The van der Waals surface area contributed by atoms with Crippen LogP contribution in [0.25, 0.3) is 0 Å². The fourth-order valence-corrected chi connectivity index (χ4v) is 2.75. The molecule has 0 bridgehead atoms. The fraction of sp³-hybridized carbons (Fsp3) is 0.524. The lowest BCUT2D eigenvalue weighted by atomic mass is 10.0. The molecule has 1 rings (SSSR count). The molecule has 4 atom stereocenters. The largest absolute Gasteiger partial charge is 0.508 e. The molecule has 10 heteroatoms. The Morgan fingerprint density at radius 1 is 0.871 bits per heavy atom. The number of hydrogen-bond donors (Lipinski definition) is 6. The van der Waals surface area contributed by atoms with E-state index in [9.17, 15) is 29.4 Å². The second-order valence-corrected chi connectivity index (χ2v) is 7.98. The third-order valence-corrected chi connectivity index (χ3v) is 4.50. The number of carboxylic acids is 1. The first-order chi connectivity index (χ1) is 14.4. The molecule has 1 aromatic carbocycles. The van der Waals surface area contributed by atoms with Crippen LogP contribution < -0.4 is 21.7 Å². The van der Waals surface area contributed by atoms with Crippen LogP contribution in [0.2, 0.25) is 0 Å². The maximum Gasteiger partial charge on any atom is 0.326 e. The van der Waals surface area contributed by atoms with Gasteiger partial charge in [-0.15, -0.1) is 0 Å². The smallest absolute Gasteiger partial charge is 0.326 e. The van der Waals surface area contributed by atoms with Crippen molar-refractivity contribution < 1.29 is 29.4 Å². The van der Waals surface area contributed by atoms with Gasteiger partial charge in [0.05, 0.1) is 6.04 Å². The number of carbonyl (C=O) groups is 4. The van der Waals surface area contributed by atoms with Gasteiger partial charge in [0, 0.05) is 6.42 Å². The van der Waals surface area contributed by atoms with Crippen molar-refractivity contribution in [2.75, 3.05) is 0 Å². The molecule has 0 heterocycles. The molecule has 4 unspecified atom stereocenters. The highest BCUT2D eigenvalue weighted by molar-refractivity contribution is 5.93. The predicted molar refractivity (Wildman–Crippen MR) is 114 cm³/mol. The minimum Gasteiger partial charge on any atom is -0.508 e. The van der Waals surface area contributed by atoms with Gasteiger partial charge in [0.15, 0.2) is 0 Å². The maximum atomic E-state index is 12.9. The highest BCUT2D eigenvalue weighted by Crippen LogP contribution is 2.12. The van der Waals surface area contributed by atoms with E-state index in [0.29, 0.717) is 5.56 Å². The number of aliphatic carboxylic acids is 1. The minimum absolute atomic E-state index is 0.0278. The number of phenolic OH excluding ortho intramolecular Hbond substituents is 1. The topological polar surface area (TPSA) is 171 Å². The van der Waals surface area contributed by atoms with Crippen molar-refractivity contribution in [2.45, 2.75) is 64.7 Å². The molecule has 0 spiro atoms. The highest BCUT2D eigenvalue weighted by Gasteiger charge is 2.29. The average molecular weight is 437 g/mol. The monoisotopic (exact) mass is 436 g/mol. The summed E-state index contributed by atoms with van der Waals surface area (Å²) in [5.41, 5.74) is 6.13. The Labute approximate surface area is 181 Å². The summed E-state index contributed by atoms with van der Waals surface area (Å²) < 4.78 is 0. The van der Waals surface area contributed by atoms with Crippen molar-refractivity contribution in [3.8, 4) is 5.75 Å². The molecule has 3 amide bonds. The summed E-state index contributed by atoms with van der Waals surface area (Å²) in [7, 11) is 0. The van der Waals surface area contributed by atoms with Gasteiger partial charge >= 0.3 is 5.97 Å². The van der Waals surface area contributed by atoms with Crippen molar-refractivity contribution in [1.82, 2.24) is 16.0 Å². The van der Waals surface area contributed by atoms with Crippen molar-refractivity contribution >= 4 is 23.7 Å². The van der Waals surface area contributed by atoms with E-state index >= 15 is 0 Å². The van der Waals surface area contributed by atoms with E-state index in [0.717, 1.165) is 0 Å². The first kappa shape index (κ1) is 25.9. The molecule has 0 fully saturated rings. The number of hydrogen-bond acceptors (Lipinski definition) is 6. The third-order valence-electron chi connectivity index (χ3n) is 4.50. The number of amides is 3. The van der Waals surface area contributed by atoms with Crippen LogP contribution in [-0.2, 0) is 25.6 Å². The van der Waals surface area contributed by atoms with Gasteiger partial charge in [0.25, 0.3) is 0 Å². The van der Waals surface area contributed by atoms with Gasteiger partial charge in [-0.1, -0.05) is 26.0 Å². The summed E-state index contributed by atoms with van der Waals surface area (Å²) in [5.74, 6) is -2.91. The number of nitrogens with two attached hydrogens (primary N) is 1. The Balaban J connectivity index is 3.00. The Hall–Kier alpha value is -3.14. The average Bonchev–Trinajstić information content (AvgIpc) is 2.67. The summed E-state index contributed by atoms with van der Waals surface area (Å²) in [4.78, 5) is 48.7. The lowest BCUT2D eigenvalue weighted by molar-refractivity contribution is -0.142. The molecule has 7 N–H and O–H groups in total. The Morgan fingerprint density at radius 3 is 1.90 bits per heavy atom. The number of nitrogens with one attached hydrogen (secondary N) is 3. The molecule has 31 heavy (non-hydrogen) atoms. The van der Waals surface area contributed by atoms with E-state index in [1.807, 2.05) is 13.8 Å². The van der Waals surface area contributed by atoms with E-state index in [-0.39, 0.29) is 24.5 Å². The van der Waals surface area contributed by atoms with Gasteiger partial charge in [-0.3, -0.25) is 14.4 Å². The van der Waals surface area contributed by atoms with Crippen molar-refractivity contribution in [1.29, 1.82) is 0 Å². The van der Waals surface area contributed by atoms with Crippen LogP contribution in [0.4, 0.5) is 0 Å². The highest BCUT2D eigenvalue weighted by atomic mass is 16.4. The summed E-state index contributed by atoms with van der Waals surface area (Å²) in [6.45, 7) is 6.59. The van der Waals surface area contributed by atoms with E-state index < -0.39 is 47.9 Å². The summed E-state index contributed by atoms with van der Waals surface area (Å²) in [6.07, 6.45) is 0.279.